The SMILES string of the molecule is C=CCNc1cc(OCCC)nc(C2CCCCC2)n1. The third-order valence-electron chi connectivity index (χ3n) is 3.57. The van der Waals surface area contributed by atoms with E-state index in [0.29, 0.717) is 24.9 Å². The van der Waals surface area contributed by atoms with E-state index in [1.54, 1.807) is 0 Å². The number of ether oxygens (including phenoxy) is 1. The number of aromatic nitrogens is 2. The molecule has 1 heterocycles. The summed E-state index contributed by atoms with van der Waals surface area (Å²) in [6, 6.07) is 1.88. The predicted octanol–water partition coefficient (Wildman–Crippen LogP) is 3.91. The number of hydrogen-bond acceptors (Lipinski definition) is 4. The minimum atomic E-state index is 0.484. The molecule has 0 spiro atoms. The van der Waals surface area contributed by atoms with Crippen LogP contribution in [0.15, 0.2) is 18.7 Å². The minimum absolute atomic E-state index is 0.484. The summed E-state index contributed by atoms with van der Waals surface area (Å²) in [6.07, 6.45) is 9.10. The smallest absolute Gasteiger partial charge is 0.218 e. The molecule has 0 bridgehead atoms. The first-order valence-electron chi connectivity index (χ1n) is 7.70. The van der Waals surface area contributed by atoms with Crippen LogP contribution in [-0.4, -0.2) is 23.1 Å². The van der Waals surface area contributed by atoms with Gasteiger partial charge in [0, 0.05) is 18.5 Å². The van der Waals surface area contributed by atoms with Gasteiger partial charge in [-0.05, 0) is 19.3 Å². The highest BCUT2D eigenvalue weighted by atomic mass is 16.5. The van der Waals surface area contributed by atoms with Gasteiger partial charge in [-0.1, -0.05) is 32.3 Å². The molecule has 1 aromatic heterocycles. The molecule has 1 fully saturated rings. The van der Waals surface area contributed by atoms with Crippen LogP contribution in [0.25, 0.3) is 0 Å². The van der Waals surface area contributed by atoms with Gasteiger partial charge in [-0.2, -0.15) is 4.98 Å². The van der Waals surface area contributed by atoms with Crippen LogP contribution in [0.5, 0.6) is 5.88 Å². The number of hydrogen-bond donors (Lipinski definition) is 1. The van der Waals surface area contributed by atoms with Gasteiger partial charge in [0.25, 0.3) is 0 Å². The van der Waals surface area contributed by atoms with Crippen LogP contribution in [0, 0.1) is 0 Å². The molecule has 110 valence electrons. The fourth-order valence-electron chi connectivity index (χ4n) is 2.53. The van der Waals surface area contributed by atoms with Gasteiger partial charge >= 0.3 is 0 Å². The van der Waals surface area contributed by atoms with E-state index in [0.717, 1.165) is 18.1 Å². The van der Waals surface area contributed by atoms with Gasteiger partial charge in [0.05, 0.1) is 6.61 Å². The molecule has 1 aliphatic carbocycles. The molecular formula is C16H25N3O. The molecule has 0 radical (unpaired) electrons. The number of nitrogens with one attached hydrogen (secondary N) is 1. The van der Waals surface area contributed by atoms with E-state index in [4.69, 9.17) is 4.74 Å². The quantitative estimate of drug-likeness (QED) is 0.766. The third kappa shape index (κ3) is 4.22. The maximum absolute atomic E-state index is 5.69. The summed E-state index contributed by atoms with van der Waals surface area (Å²) in [7, 11) is 0. The maximum atomic E-state index is 5.69. The van der Waals surface area contributed by atoms with Crippen LogP contribution in [0.4, 0.5) is 5.82 Å². The fourth-order valence-corrected chi connectivity index (χ4v) is 2.53. The van der Waals surface area contributed by atoms with Crippen molar-refractivity contribution in [2.24, 2.45) is 0 Å². The van der Waals surface area contributed by atoms with Crippen molar-refractivity contribution in [3.8, 4) is 5.88 Å². The standard InChI is InChI=1S/C16H25N3O/c1-3-10-17-14-12-15(20-11-4-2)19-16(18-14)13-8-6-5-7-9-13/h3,12-13H,1,4-11H2,2H3,(H,17,18,19). The predicted molar refractivity (Wildman–Crippen MR) is 82.3 cm³/mol. The Morgan fingerprint density at radius 2 is 2.15 bits per heavy atom. The Kier molecular flexibility index (Phi) is 5.84. The first-order chi connectivity index (χ1) is 9.83. The van der Waals surface area contributed by atoms with Gasteiger partial charge in [0.1, 0.15) is 11.6 Å². The van der Waals surface area contributed by atoms with E-state index in [1.165, 1.54) is 32.1 Å². The Bertz CT molecular complexity index is 428. The Morgan fingerprint density at radius 3 is 2.85 bits per heavy atom. The molecular weight excluding hydrogens is 250 g/mol. The summed E-state index contributed by atoms with van der Waals surface area (Å²) in [5.41, 5.74) is 0. The Labute approximate surface area is 121 Å². The molecule has 0 atom stereocenters. The summed E-state index contributed by atoms with van der Waals surface area (Å²) in [5.74, 6) is 2.95. The lowest BCUT2D eigenvalue weighted by atomic mass is 9.89. The zero-order valence-electron chi connectivity index (χ0n) is 12.4. The molecule has 0 amide bonds. The van der Waals surface area contributed by atoms with E-state index in [-0.39, 0.29) is 0 Å². The van der Waals surface area contributed by atoms with Gasteiger partial charge in [-0.25, -0.2) is 4.98 Å². The monoisotopic (exact) mass is 275 g/mol. The zero-order chi connectivity index (χ0) is 14.2. The molecule has 4 nitrogen and oxygen atoms in total. The minimum Gasteiger partial charge on any atom is -0.478 e. The van der Waals surface area contributed by atoms with Crippen LogP contribution in [0.2, 0.25) is 0 Å². The highest BCUT2D eigenvalue weighted by molar-refractivity contribution is 5.39. The molecule has 1 aromatic rings. The second-order valence-corrected chi connectivity index (χ2v) is 5.30. The van der Waals surface area contributed by atoms with Crippen LogP contribution < -0.4 is 10.1 Å². The largest absolute Gasteiger partial charge is 0.478 e. The van der Waals surface area contributed by atoms with Crippen LogP contribution >= 0.6 is 0 Å². The molecule has 0 unspecified atom stereocenters. The Balaban J connectivity index is 2.16. The van der Waals surface area contributed by atoms with E-state index in [1.807, 2.05) is 12.1 Å². The molecule has 1 aliphatic rings. The third-order valence-corrected chi connectivity index (χ3v) is 3.57. The van der Waals surface area contributed by atoms with Crippen molar-refractivity contribution in [2.45, 2.75) is 51.4 Å². The highest BCUT2D eigenvalue weighted by Crippen LogP contribution is 2.32. The molecule has 4 heteroatoms. The molecule has 0 aromatic carbocycles. The summed E-state index contributed by atoms with van der Waals surface area (Å²) in [6.45, 7) is 7.22. The number of anilines is 1. The fraction of sp³-hybridized carbons (Fsp3) is 0.625. The lowest BCUT2D eigenvalue weighted by Crippen LogP contribution is -2.12. The van der Waals surface area contributed by atoms with Gasteiger partial charge < -0.3 is 10.1 Å². The number of nitrogens with zero attached hydrogens (tertiary/aromatic N) is 2. The second kappa shape index (κ2) is 7.88. The molecule has 1 saturated carbocycles. The Hall–Kier alpha value is -1.58. The molecule has 0 saturated heterocycles. The van der Waals surface area contributed by atoms with E-state index in [2.05, 4.69) is 28.8 Å². The van der Waals surface area contributed by atoms with E-state index >= 15 is 0 Å². The lowest BCUT2D eigenvalue weighted by molar-refractivity contribution is 0.301. The van der Waals surface area contributed by atoms with Crippen molar-refractivity contribution < 1.29 is 4.74 Å². The zero-order valence-corrected chi connectivity index (χ0v) is 12.4. The Morgan fingerprint density at radius 1 is 1.35 bits per heavy atom. The summed E-state index contributed by atoms with van der Waals surface area (Å²) < 4.78 is 5.69. The van der Waals surface area contributed by atoms with Crippen LogP contribution in [-0.2, 0) is 0 Å². The number of rotatable bonds is 7. The maximum Gasteiger partial charge on any atom is 0.218 e. The van der Waals surface area contributed by atoms with Gasteiger partial charge in [0.15, 0.2) is 0 Å². The van der Waals surface area contributed by atoms with Crippen molar-refractivity contribution in [1.82, 2.24) is 9.97 Å². The van der Waals surface area contributed by atoms with Crippen molar-refractivity contribution in [1.29, 1.82) is 0 Å². The molecule has 0 aliphatic heterocycles. The van der Waals surface area contributed by atoms with Crippen molar-refractivity contribution >= 4 is 5.82 Å². The second-order valence-electron chi connectivity index (χ2n) is 5.30. The molecule has 2 rings (SSSR count). The normalized spacial score (nSPS) is 15.8. The van der Waals surface area contributed by atoms with Gasteiger partial charge in [-0.3, -0.25) is 0 Å². The van der Waals surface area contributed by atoms with Crippen molar-refractivity contribution in [2.75, 3.05) is 18.5 Å². The average molecular weight is 275 g/mol. The van der Waals surface area contributed by atoms with Gasteiger partial charge in [0.2, 0.25) is 5.88 Å². The summed E-state index contributed by atoms with van der Waals surface area (Å²) in [5, 5.41) is 3.24. The van der Waals surface area contributed by atoms with Gasteiger partial charge in [-0.15, -0.1) is 6.58 Å². The molecule has 20 heavy (non-hydrogen) atoms. The van der Waals surface area contributed by atoms with E-state index in [9.17, 15) is 0 Å². The van der Waals surface area contributed by atoms with Crippen LogP contribution in [0.3, 0.4) is 0 Å². The highest BCUT2D eigenvalue weighted by Gasteiger charge is 2.19. The molecule has 1 N–H and O–H groups in total. The summed E-state index contributed by atoms with van der Waals surface area (Å²) >= 11 is 0. The van der Waals surface area contributed by atoms with Crippen LogP contribution in [0.1, 0.15) is 57.2 Å². The van der Waals surface area contributed by atoms with E-state index < -0.39 is 0 Å². The first-order valence-corrected chi connectivity index (χ1v) is 7.70. The lowest BCUT2D eigenvalue weighted by Gasteiger charge is -2.21. The topological polar surface area (TPSA) is 47.0 Å². The van der Waals surface area contributed by atoms with Crippen molar-refractivity contribution in [3.05, 3.63) is 24.5 Å². The summed E-state index contributed by atoms with van der Waals surface area (Å²) in [4.78, 5) is 9.26. The van der Waals surface area contributed by atoms with Crippen molar-refractivity contribution in [3.63, 3.8) is 0 Å². The average Bonchev–Trinajstić information content (AvgIpc) is 2.51. The first kappa shape index (κ1) is 14.8.